The van der Waals surface area contributed by atoms with Gasteiger partial charge in [-0.3, -0.25) is 0 Å². The van der Waals surface area contributed by atoms with Crippen LogP contribution in [0, 0.1) is 6.42 Å². The molecule has 0 atom stereocenters. The van der Waals surface area contributed by atoms with Crippen LogP contribution in [-0.4, -0.2) is 13.6 Å². The van der Waals surface area contributed by atoms with Crippen molar-refractivity contribution in [2.24, 2.45) is 0 Å². The van der Waals surface area contributed by atoms with Crippen molar-refractivity contribution < 1.29 is 0 Å². The molecule has 1 nitrogen and oxygen atoms in total. The SMILES string of the molecule is CCC[CH-]CNC. The van der Waals surface area contributed by atoms with Gasteiger partial charge in [0.15, 0.2) is 0 Å². The van der Waals surface area contributed by atoms with Gasteiger partial charge in [0.2, 0.25) is 0 Å². The summed E-state index contributed by atoms with van der Waals surface area (Å²) >= 11 is 0. The molecule has 0 fully saturated rings. The first kappa shape index (κ1) is 6.96. The first-order valence-electron chi connectivity index (χ1n) is 2.88. The van der Waals surface area contributed by atoms with Crippen LogP contribution in [0.2, 0.25) is 0 Å². The Hall–Kier alpha value is -0.0400. The summed E-state index contributed by atoms with van der Waals surface area (Å²) in [5.74, 6) is 0. The minimum atomic E-state index is 1.05. The minimum Gasteiger partial charge on any atom is -0.349 e. The molecular formula is C6H14N-. The molecule has 0 aliphatic rings. The first-order valence-corrected chi connectivity index (χ1v) is 2.88. The summed E-state index contributed by atoms with van der Waals surface area (Å²) in [6, 6.07) is 0. The molecule has 44 valence electrons. The first-order chi connectivity index (χ1) is 3.41. The second-order valence-corrected chi connectivity index (χ2v) is 1.64. The highest BCUT2D eigenvalue weighted by molar-refractivity contribution is 4.64. The maximum absolute atomic E-state index is 3.05. The summed E-state index contributed by atoms with van der Waals surface area (Å²) in [5.41, 5.74) is 0. The molecule has 0 aromatic heterocycles. The molecule has 0 heterocycles. The highest BCUT2D eigenvalue weighted by Gasteiger charge is 1.66. The Balaban J connectivity index is 2.45. The van der Waals surface area contributed by atoms with Crippen molar-refractivity contribution in [1.82, 2.24) is 5.32 Å². The van der Waals surface area contributed by atoms with Crippen molar-refractivity contribution in [3.8, 4) is 0 Å². The van der Waals surface area contributed by atoms with Crippen LogP contribution in [-0.2, 0) is 0 Å². The molecule has 0 bridgehead atoms. The van der Waals surface area contributed by atoms with E-state index in [9.17, 15) is 0 Å². The Kier molecular flexibility index (Phi) is 5.93. The largest absolute Gasteiger partial charge is 0.349 e. The molecular weight excluding hydrogens is 86.1 g/mol. The van der Waals surface area contributed by atoms with E-state index in [1.54, 1.807) is 0 Å². The van der Waals surface area contributed by atoms with Gasteiger partial charge in [-0.15, -0.1) is 6.54 Å². The van der Waals surface area contributed by atoms with Gasteiger partial charge in [-0.25, -0.2) is 0 Å². The highest BCUT2D eigenvalue weighted by Crippen LogP contribution is 1.87. The zero-order chi connectivity index (χ0) is 5.54. The quantitative estimate of drug-likeness (QED) is 0.413. The number of nitrogens with one attached hydrogen (secondary N) is 1. The van der Waals surface area contributed by atoms with Gasteiger partial charge in [-0.05, 0) is 7.05 Å². The minimum absolute atomic E-state index is 1.05. The molecule has 0 saturated carbocycles. The van der Waals surface area contributed by atoms with Gasteiger partial charge in [0.1, 0.15) is 0 Å². The van der Waals surface area contributed by atoms with E-state index in [0.29, 0.717) is 0 Å². The zero-order valence-corrected chi connectivity index (χ0v) is 5.20. The molecule has 0 spiro atoms. The lowest BCUT2D eigenvalue weighted by atomic mass is 10.2. The van der Waals surface area contributed by atoms with Crippen molar-refractivity contribution in [2.75, 3.05) is 13.6 Å². The van der Waals surface area contributed by atoms with Crippen LogP contribution < -0.4 is 5.32 Å². The molecule has 0 aliphatic carbocycles. The van der Waals surface area contributed by atoms with Crippen LogP contribution in [0.1, 0.15) is 19.8 Å². The van der Waals surface area contributed by atoms with Crippen LogP contribution >= 0.6 is 0 Å². The second-order valence-electron chi connectivity index (χ2n) is 1.64. The third-order valence-electron chi connectivity index (χ3n) is 0.841. The molecule has 1 heteroatoms. The summed E-state index contributed by atoms with van der Waals surface area (Å²) in [5, 5.41) is 3.05. The van der Waals surface area contributed by atoms with Gasteiger partial charge in [0.25, 0.3) is 0 Å². The van der Waals surface area contributed by atoms with E-state index >= 15 is 0 Å². The Morgan fingerprint density at radius 3 is 2.71 bits per heavy atom. The lowest BCUT2D eigenvalue weighted by Crippen LogP contribution is -2.07. The standard InChI is InChI=1S/C6H14N/c1-3-4-5-6-7-2/h5,7H,3-4,6H2,1-2H3/q-1. The van der Waals surface area contributed by atoms with Crippen LogP contribution in [0.25, 0.3) is 0 Å². The normalized spacial score (nSPS) is 9.43. The van der Waals surface area contributed by atoms with E-state index in [-0.39, 0.29) is 0 Å². The molecule has 0 saturated heterocycles. The molecule has 0 radical (unpaired) electrons. The zero-order valence-electron chi connectivity index (χ0n) is 5.20. The van der Waals surface area contributed by atoms with Gasteiger partial charge < -0.3 is 11.7 Å². The predicted molar refractivity (Wildman–Crippen MR) is 33.1 cm³/mol. The van der Waals surface area contributed by atoms with Gasteiger partial charge in [-0.2, -0.15) is 6.42 Å². The summed E-state index contributed by atoms with van der Waals surface area (Å²) in [7, 11) is 1.96. The predicted octanol–water partition coefficient (Wildman–Crippen LogP) is 1.21. The van der Waals surface area contributed by atoms with Gasteiger partial charge in [0.05, 0.1) is 0 Å². The van der Waals surface area contributed by atoms with Crippen molar-refractivity contribution in [2.45, 2.75) is 19.8 Å². The Bertz CT molecular complexity index is 23.4. The molecule has 0 aliphatic heterocycles. The van der Waals surface area contributed by atoms with Gasteiger partial charge >= 0.3 is 0 Å². The Morgan fingerprint density at radius 2 is 2.29 bits per heavy atom. The number of rotatable bonds is 4. The lowest BCUT2D eigenvalue weighted by molar-refractivity contribution is 0.794. The maximum Gasteiger partial charge on any atom is -0.0193 e. The molecule has 0 amide bonds. The van der Waals surface area contributed by atoms with Gasteiger partial charge in [-0.1, -0.05) is 13.3 Å². The van der Waals surface area contributed by atoms with E-state index in [4.69, 9.17) is 0 Å². The van der Waals surface area contributed by atoms with Crippen LogP contribution in [0.3, 0.4) is 0 Å². The van der Waals surface area contributed by atoms with Gasteiger partial charge in [0, 0.05) is 0 Å². The van der Waals surface area contributed by atoms with E-state index < -0.39 is 0 Å². The lowest BCUT2D eigenvalue weighted by Gasteiger charge is -2.06. The van der Waals surface area contributed by atoms with Crippen molar-refractivity contribution in [1.29, 1.82) is 0 Å². The summed E-state index contributed by atoms with van der Waals surface area (Å²) in [6.07, 6.45) is 4.75. The smallest absolute Gasteiger partial charge is 0.0193 e. The summed E-state index contributed by atoms with van der Waals surface area (Å²) < 4.78 is 0. The third kappa shape index (κ3) is 5.96. The van der Waals surface area contributed by atoms with Crippen molar-refractivity contribution >= 4 is 0 Å². The number of unbranched alkanes of at least 4 members (excludes halogenated alkanes) is 2. The maximum atomic E-state index is 3.05. The topological polar surface area (TPSA) is 12.0 Å². The Morgan fingerprint density at radius 1 is 1.57 bits per heavy atom. The van der Waals surface area contributed by atoms with E-state index in [0.717, 1.165) is 6.54 Å². The number of hydrogen-bond donors (Lipinski definition) is 1. The number of hydrogen-bond acceptors (Lipinski definition) is 1. The molecule has 0 rings (SSSR count). The average Bonchev–Trinajstić information content (AvgIpc) is 1.69. The fraction of sp³-hybridized carbons (Fsp3) is 0.833. The Labute approximate surface area is 46.1 Å². The monoisotopic (exact) mass is 100 g/mol. The van der Waals surface area contributed by atoms with Crippen LogP contribution in [0.5, 0.6) is 0 Å². The molecule has 7 heavy (non-hydrogen) atoms. The van der Waals surface area contributed by atoms with Crippen molar-refractivity contribution in [3.63, 3.8) is 0 Å². The fourth-order valence-corrected chi connectivity index (χ4v) is 0.451. The molecule has 0 unspecified atom stereocenters. The van der Waals surface area contributed by atoms with Crippen LogP contribution in [0.15, 0.2) is 0 Å². The molecule has 0 aromatic carbocycles. The second kappa shape index (κ2) is 5.96. The van der Waals surface area contributed by atoms with Crippen molar-refractivity contribution in [3.05, 3.63) is 6.42 Å². The van der Waals surface area contributed by atoms with E-state index in [1.165, 1.54) is 12.8 Å². The average molecular weight is 100 g/mol. The van der Waals surface area contributed by atoms with E-state index in [1.807, 2.05) is 7.05 Å². The third-order valence-corrected chi connectivity index (χ3v) is 0.841. The molecule has 0 aromatic rings. The fourth-order valence-electron chi connectivity index (χ4n) is 0.451. The van der Waals surface area contributed by atoms with Crippen LogP contribution in [0.4, 0.5) is 0 Å². The summed E-state index contributed by atoms with van der Waals surface area (Å²) in [6.45, 7) is 3.24. The molecule has 1 N–H and O–H groups in total. The highest BCUT2D eigenvalue weighted by atomic mass is 14.8. The van der Waals surface area contributed by atoms with E-state index in [2.05, 4.69) is 18.7 Å². The summed E-state index contributed by atoms with van der Waals surface area (Å²) in [4.78, 5) is 0.